The monoisotopic (exact) mass is 266 g/mol. The molecule has 0 bridgehead atoms. The molecule has 1 heterocycles. The van der Waals surface area contributed by atoms with E-state index >= 15 is 0 Å². The molecule has 1 amide bonds. The zero-order valence-electron chi connectivity index (χ0n) is 11.0. The van der Waals surface area contributed by atoms with Crippen molar-refractivity contribution in [1.82, 2.24) is 4.90 Å². The second-order valence-electron chi connectivity index (χ2n) is 5.08. The zero-order valence-corrected chi connectivity index (χ0v) is 11.0. The fourth-order valence-corrected chi connectivity index (χ4v) is 2.28. The van der Waals surface area contributed by atoms with E-state index in [1.807, 2.05) is 4.90 Å². The van der Waals surface area contributed by atoms with Crippen LogP contribution in [0.25, 0.3) is 0 Å². The molecule has 1 atom stereocenters. The van der Waals surface area contributed by atoms with E-state index in [1.165, 1.54) is 6.07 Å². The van der Waals surface area contributed by atoms with Gasteiger partial charge in [-0.2, -0.15) is 0 Å². The number of halogens is 1. The van der Waals surface area contributed by atoms with E-state index in [4.69, 9.17) is 5.11 Å². The Morgan fingerprint density at radius 3 is 3.00 bits per heavy atom. The SMILES string of the molecule is Cc1ccc(NC(=O)CN2CCC(CO)C2)cc1F. The number of hydrogen-bond acceptors (Lipinski definition) is 3. The van der Waals surface area contributed by atoms with Crippen molar-refractivity contribution >= 4 is 11.6 Å². The molecular weight excluding hydrogens is 247 g/mol. The number of aliphatic hydroxyl groups is 1. The summed E-state index contributed by atoms with van der Waals surface area (Å²) in [6, 6.07) is 4.66. The van der Waals surface area contributed by atoms with Gasteiger partial charge in [0.2, 0.25) is 5.91 Å². The predicted molar refractivity (Wildman–Crippen MR) is 71.4 cm³/mol. The first-order valence-corrected chi connectivity index (χ1v) is 6.47. The van der Waals surface area contributed by atoms with Crippen molar-refractivity contribution < 1.29 is 14.3 Å². The molecule has 4 nitrogen and oxygen atoms in total. The summed E-state index contributed by atoms with van der Waals surface area (Å²) in [5.74, 6) is -0.203. The van der Waals surface area contributed by atoms with E-state index in [1.54, 1.807) is 19.1 Å². The lowest BCUT2D eigenvalue weighted by molar-refractivity contribution is -0.117. The minimum atomic E-state index is -0.320. The summed E-state index contributed by atoms with van der Waals surface area (Å²) >= 11 is 0. The molecule has 2 N–H and O–H groups in total. The minimum absolute atomic E-state index is 0.151. The molecule has 1 aromatic rings. The van der Waals surface area contributed by atoms with Gasteiger partial charge in [-0.3, -0.25) is 9.69 Å². The number of nitrogens with zero attached hydrogens (tertiary/aromatic N) is 1. The number of amides is 1. The van der Waals surface area contributed by atoms with Crippen LogP contribution in [0.15, 0.2) is 18.2 Å². The number of aryl methyl sites for hydroxylation is 1. The Morgan fingerprint density at radius 2 is 2.37 bits per heavy atom. The fraction of sp³-hybridized carbons (Fsp3) is 0.500. The zero-order chi connectivity index (χ0) is 13.8. The Hall–Kier alpha value is -1.46. The van der Waals surface area contributed by atoms with Crippen LogP contribution >= 0.6 is 0 Å². The molecule has 5 heteroatoms. The second kappa shape index (κ2) is 6.12. The van der Waals surface area contributed by atoms with Crippen LogP contribution in [-0.4, -0.2) is 42.2 Å². The molecule has 1 saturated heterocycles. The lowest BCUT2D eigenvalue weighted by Crippen LogP contribution is -2.31. The summed E-state index contributed by atoms with van der Waals surface area (Å²) in [7, 11) is 0. The largest absolute Gasteiger partial charge is 0.396 e. The topological polar surface area (TPSA) is 52.6 Å². The van der Waals surface area contributed by atoms with Gasteiger partial charge in [-0.1, -0.05) is 6.07 Å². The van der Waals surface area contributed by atoms with Crippen LogP contribution in [0.1, 0.15) is 12.0 Å². The Labute approximate surface area is 112 Å². The minimum Gasteiger partial charge on any atom is -0.396 e. The predicted octanol–water partition coefficient (Wildman–Crippen LogP) is 1.39. The van der Waals surface area contributed by atoms with Crippen molar-refractivity contribution in [3.05, 3.63) is 29.6 Å². The van der Waals surface area contributed by atoms with Crippen molar-refractivity contribution in [3.8, 4) is 0 Å². The molecule has 0 aromatic heterocycles. The maximum Gasteiger partial charge on any atom is 0.238 e. The summed E-state index contributed by atoms with van der Waals surface area (Å²) in [5, 5.41) is 11.7. The Bertz CT molecular complexity index is 465. The third-order valence-electron chi connectivity index (χ3n) is 3.45. The summed E-state index contributed by atoms with van der Waals surface area (Å²) in [4.78, 5) is 13.8. The Morgan fingerprint density at radius 1 is 1.58 bits per heavy atom. The number of nitrogens with one attached hydrogen (secondary N) is 1. The highest BCUT2D eigenvalue weighted by Crippen LogP contribution is 2.16. The normalized spacial score (nSPS) is 19.6. The van der Waals surface area contributed by atoms with Crippen molar-refractivity contribution in [1.29, 1.82) is 0 Å². The molecule has 0 saturated carbocycles. The van der Waals surface area contributed by atoms with Gasteiger partial charge in [0, 0.05) is 18.8 Å². The van der Waals surface area contributed by atoms with E-state index in [0.29, 0.717) is 11.3 Å². The smallest absolute Gasteiger partial charge is 0.238 e. The molecule has 2 rings (SSSR count). The van der Waals surface area contributed by atoms with Crippen LogP contribution in [0.4, 0.5) is 10.1 Å². The second-order valence-corrected chi connectivity index (χ2v) is 5.08. The average molecular weight is 266 g/mol. The highest BCUT2D eigenvalue weighted by Gasteiger charge is 2.23. The molecule has 19 heavy (non-hydrogen) atoms. The number of carbonyl (C=O) groups is 1. The average Bonchev–Trinajstić information content (AvgIpc) is 2.81. The van der Waals surface area contributed by atoms with E-state index in [0.717, 1.165) is 19.5 Å². The molecule has 104 valence electrons. The molecule has 0 spiro atoms. The van der Waals surface area contributed by atoms with Gasteiger partial charge in [0.15, 0.2) is 0 Å². The molecule has 1 aromatic carbocycles. The van der Waals surface area contributed by atoms with Gasteiger partial charge in [0.25, 0.3) is 0 Å². The van der Waals surface area contributed by atoms with Crippen LogP contribution in [0, 0.1) is 18.7 Å². The number of aliphatic hydroxyl groups excluding tert-OH is 1. The van der Waals surface area contributed by atoms with Crippen LogP contribution in [-0.2, 0) is 4.79 Å². The molecule has 1 fully saturated rings. The quantitative estimate of drug-likeness (QED) is 0.866. The van der Waals surface area contributed by atoms with E-state index in [9.17, 15) is 9.18 Å². The van der Waals surface area contributed by atoms with Gasteiger partial charge in [-0.25, -0.2) is 4.39 Å². The van der Waals surface area contributed by atoms with Gasteiger partial charge in [-0.05, 0) is 43.5 Å². The van der Waals surface area contributed by atoms with Gasteiger partial charge < -0.3 is 10.4 Å². The third-order valence-corrected chi connectivity index (χ3v) is 3.45. The van der Waals surface area contributed by atoms with E-state index < -0.39 is 0 Å². The number of hydrogen-bond donors (Lipinski definition) is 2. The molecule has 1 aliphatic heterocycles. The van der Waals surface area contributed by atoms with Gasteiger partial charge in [-0.15, -0.1) is 0 Å². The highest BCUT2D eigenvalue weighted by atomic mass is 19.1. The first kappa shape index (κ1) is 14.0. The number of carbonyl (C=O) groups excluding carboxylic acids is 1. The van der Waals surface area contributed by atoms with Gasteiger partial charge >= 0.3 is 0 Å². The van der Waals surface area contributed by atoms with Crippen molar-refractivity contribution in [3.63, 3.8) is 0 Å². The Kier molecular flexibility index (Phi) is 4.50. The standard InChI is InChI=1S/C14H19FN2O2/c1-10-2-3-12(6-13(10)15)16-14(19)8-17-5-4-11(7-17)9-18/h2-3,6,11,18H,4-5,7-9H2,1H3,(H,16,19). The highest BCUT2D eigenvalue weighted by molar-refractivity contribution is 5.92. The maximum absolute atomic E-state index is 13.3. The van der Waals surface area contributed by atoms with E-state index in [-0.39, 0.29) is 30.8 Å². The van der Waals surface area contributed by atoms with Crippen molar-refractivity contribution in [2.45, 2.75) is 13.3 Å². The van der Waals surface area contributed by atoms with Gasteiger partial charge in [0.05, 0.1) is 6.54 Å². The first-order valence-electron chi connectivity index (χ1n) is 6.47. The molecule has 0 radical (unpaired) electrons. The Balaban J connectivity index is 1.86. The fourth-order valence-electron chi connectivity index (χ4n) is 2.28. The van der Waals surface area contributed by atoms with Crippen LogP contribution < -0.4 is 5.32 Å². The summed E-state index contributed by atoms with van der Waals surface area (Å²) in [6.45, 7) is 3.70. The number of benzene rings is 1. The molecule has 1 unspecified atom stereocenters. The van der Waals surface area contributed by atoms with Crippen LogP contribution in [0.2, 0.25) is 0 Å². The number of rotatable bonds is 4. The summed E-state index contributed by atoms with van der Waals surface area (Å²) in [5.41, 5.74) is 1.04. The number of likely N-dealkylation sites (tertiary alicyclic amines) is 1. The van der Waals surface area contributed by atoms with Crippen molar-refractivity contribution in [2.24, 2.45) is 5.92 Å². The van der Waals surface area contributed by atoms with Gasteiger partial charge in [0.1, 0.15) is 5.82 Å². The third kappa shape index (κ3) is 3.75. The molecule has 0 aliphatic carbocycles. The molecular formula is C14H19FN2O2. The van der Waals surface area contributed by atoms with E-state index in [2.05, 4.69) is 5.32 Å². The van der Waals surface area contributed by atoms with Crippen LogP contribution in [0.3, 0.4) is 0 Å². The first-order chi connectivity index (χ1) is 9.08. The lowest BCUT2D eigenvalue weighted by Gasteiger charge is -2.15. The lowest BCUT2D eigenvalue weighted by atomic mass is 10.1. The summed E-state index contributed by atoms with van der Waals surface area (Å²) < 4.78 is 13.3. The maximum atomic E-state index is 13.3. The molecule has 1 aliphatic rings. The number of anilines is 1. The van der Waals surface area contributed by atoms with Crippen molar-refractivity contribution in [2.75, 3.05) is 31.6 Å². The summed E-state index contributed by atoms with van der Waals surface area (Å²) in [6.07, 6.45) is 0.920. The van der Waals surface area contributed by atoms with Crippen LogP contribution in [0.5, 0.6) is 0 Å².